The standard InChI is InChI=1S/C7H11N.C6H7N.C2H6/c1-5-6(2)7(3)8-4;1-6-4-2-3-5-7-6;1-2/h5H,1,4H2,2-3H3;2-5H,1H3;1-2H3/b7-6-;;. The minimum Gasteiger partial charge on any atom is -0.269 e. The van der Waals surface area contributed by atoms with Crippen molar-refractivity contribution in [1.82, 2.24) is 4.98 Å². The molecule has 94 valence electrons. The monoisotopic (exact) mass is 232 g/mol. The Kier molecular flexibility index (Phi) is 12.9. The lowest BCUT2D eigenvalue weighted by molar-refractivity contribution is 1.20. The molecule has 1 heterocycles. The van der Waals surface area contributed by atoms with Gasteiger partial charge in [0.15, 0.2) is 0 Å². The van der Waals surface area contributed by atoms with Crippen LogP contribution < -0.4 is 0 Å². The molecule has 0 amide bonds. The van der Waals surface area contributed by atoms with Crippen LogP contribution in [-0.4, -0.2) is 11.7 Å². The van der Waals surface area contributed by atoms with Gasteiger partial charge in [-0.25, -0.2) is 0 Å². The fraction of sp³-hybridized carbons (Fsp3) is 0.333. The van der Waals surface area contributed by atoms with Crippen LogP contribution in [0.5, 0.6) is 0 Å². The first kappa shape index (κ1) is 17.7. The molecule has 0 unspecified atom stereocenters. The summed E-state index contributed by atoms with van der Waals surface area (Å²) >= 11 is 0. The molecule has 0 aliphatic carbocycles. The molecule has 1 aromatic heterocycles. The summed E-state index contributed by atoms with van der Waals surface area (Å²) in [6.45, 7) is 16.8. The fourth-order valence-electron chi connectivity index (χ4n) is 0.721. The summed E-state index contributed by atoms with van der Waals surface area (Å²) in [7, 11) is 0. The molecule has 0 aromatic carbocycles. The Morgan fingerprint density at radius 3 is 2.06 bits per heavy atom. The van der Waals surface area contributed by atoms with Gasteiger partial charge in [-0.05, 0) is 45.2 Å². The van der Waals surface area contributed by atoms with Gasteiger partial charge >= 0.3 is 0 Å². The molecule has 0 aliphatic rings. The molecule has 2 heteroatoms. The molecular weight excluding hydrogens is 208 g/mol. The number of nitrogens with zero attached hydrogens (tertiary/aromatic N) is 2. The van der Waals surface area contributed by atoms with Gasteiger partial charge < -0.3 is 0 Å². The number of aromatic nitrogens is 1. The van der Waals surface area contributed by atoms with Crippen LogP contribution in [0.1, 0.15) is 33.4 Å². The van der Waals surface area contributed by atoms with Crippen LogP contribution in [0.4, 0.5) is 0 Å². The van der Waals surface area contributed by atoms with Crippen molar-refractivity contribution in [3.8, 4) is 0 Å². The summed E-state index contributed by atoms with van der Waals surface area (Å²) in [5.74, 6) is 0. The van der Waals surface area contributed by atoms with Crippen LogP contribution in [-0.2, 0) is 0 Å². The predicted octanol–water partition coefficient (Wildman–Crippen LogP) is 4.58. The van der Waals surface area contributed by atoms with E-state index in [1.54, 1.807) is 12.3 Å². The number of hydrogen-bond donors (Lipinski definition) is 0. The van der Waals surface area contributed by atoms with E-state index in [0.717, 1.165) is 17.0 Å². The molecule has 0 N–H and O–H groups in total. The second-order valence-corrected chi connectivity index (χ2v) is 3.10. The van der Waals surface area contributed by atoms with E-state index in [0.29, 0.717) is 0 Å². The van der Waals surface area contributed by atoms with Gasteiger partial charge in [0.25, 0.3) is 0 Å². The third-order valence-electron chi connectivity index (χ3n) is 1.93. The van der Waals surface area contributed by atoms with Crippen molar-refractivity contribution in [2.75, 3.05) is 0 Å². The SMILES string of the molecule is C=C/C(C)=C(/C)N=C.CC.Cc1ccccn1. The van der Waals surface area contributed by atoms with E-state index in [9.17, 15) is 0 Å². The van der Waals surface area contributed by atoms with Gasteiger partial charge in [0, 0.05) is 17.6 Å². The average Bonchev–Trinajstić information content (AvgIpc) is 2.40. The van der Waals surface area contributed by atoms with Crippen LogP contribution in [0.15, 0.2) is 53.3 Å². The van der Waals surface area contributed by atoms with Gasteiger partial charge in [-0.2, -0.15) is 0 Å². The van der Waals surface area contributed by atoms with E-state index >= 15 is 0 Å². The second kappa shape index (κ2) is 12.4. The molecule has 0 spiro atoms. The Bertz CT molecular complexity index is 321. The maximum absolute atomic E-state index is 3.98. The molecular formula is C15H24N2. The van der Waals surface area contributed by atoms with Crippen LogP contribution in [0, 0.1) is 6.92 Å². The minimum absolute atomic E-state index is 0.944. The Balaban J connectivity index is 0. The number of rotatable bonds is 2. The van der Waals surface area contributed by atoms with Crippen molar-refractivity contribution in [2.45, 2.75) is 34.6 Å². The number of pyridine rings is 1. The van der Waals surface area contributed by atoms with Crippen LogP contribution in [0.3, 0.4) is 0 Å². The van der Waals surface area contributed by atoms with Crippen molar-refractivity contribution >= 4 is 6.72 Å². The second-order valence-electron chi connectivity index (χ2n) is 3.10. The van der Waals surface area contributed by atoms with Gasteiger partial charge in [-0.3, -0.25) is 9.98 Å². The Morgan fingerprint density at radius 2 is 1.88 bits per heavy atom. The van der Waals surface area contributed by atoms with E-state index in [1.807, 2.05) is 52.8 Å². The van der Waals surface area contributed by atoms with Gasteiger partial charge in [0.2, 0.25) is 0 Å². The lowest BCUT2D eigenvalue weighted by Crippen LogP contribution is -1.72. The summed E-state index contributed by atoms with van der Waals surface area (Å²) in [4.78, 5) is 7.70. The lowest BCUT2D eigenvalue weighted by Gasteiger charge is -1.91. The summed E-state index contributed by atoms with van der Waals surface area (Å²) in [5.41, 5.74) is 3.10. The predicted molar refractivity (Wildman–Crippen MR) is 78.4 cm³/mol. The summed E-state index contributed by atoms with van der Waals surface area (Å²) in [6, 6.07) is 5.86. The molecule has 1 aromatic rings. The van der Waals surface area contributed by atoms with Crippen LogP contribution >= 0.6 is 0 Å². The van der Waals surface area contributed by atoms with Crippen molar-refractivity contribution in [1.29, 1.82) is 0 Å². The Morgan fingerprint density at radius 1 is 1.29 bits per heavy atom. The molecule has 0 saturated heterocycles. The topological polar surface area (TPSA) is 25.2 Å². The molecule has 2 nitrogen and oxygen atoms in total. The third-order valence-corrected chi connectivity index (χ3v) is 1.93. The van der Waals surface area contributed by atoms with E-state index in [1.165, 1.54) is 0 Å². The average molecular weight is 232 g/mol. The highest BCUT2D eigenvalue weighted by Crippen LogP contribution is 2.02. The zero-order chi connectivity index (χ0) is 13.7. The maximum Gasteiger partial charge on any atom is 0.0394 e. The van der Waals surface area contributed by atoms with Crippen molar-refractivity contribution in [3.05, 3.63) is 54.0 Å². The van der Waals surface area contributed by atoms with Gasteiger partial charge in [0.1, 0.15) is 0 Å². The third kappa shape index (κ3) is 10.6. The first-order valence-electron chi connectivity index (χ1n) is 5.76. The molecule has 1 rings (SSSR count). The quantitative estimate of drug-likeness (QED) is 0.541. The first-order valence-corrected chi connectivity index (χ1v) is 5.76. The molecule has 0 radical (unpaired) electrons. The normalized spacial score (nSPS) is 9.71. The van der Waals surface area contributed by atoms with Crippen molar-refractivity contribution in [3.63, 3.8) is 0 Å². The largest absolute Gasteiger partial charge is 0.269 e. The minimum atomic E-state index is 0.944. The summed E-state index contributed by atoms with van der Waals surface area (Å²) in [6.07, 6.45) is 3.55. The molecule has 0 aliphatic heterocycles. The van der Waals surface area contributed by atoms with E-state index < -0.39 is 0 Å². The van der Waals surface area contributed by atoms with Crippen molar-refractivity contribution < 1.29 is 0 Å². The van der Waals surface area contributed by atoms with Crippen molar-refractivity contribution in [2.24, 2.45) is 4.99 Å². The summed E-state index contributed by atoms with van der Waals surface area (Å²) in [5, 5.41) is 0. The number of aliphatic imine (C=N–C) groups is 1. The fourth-order valence-corrected chi connectivity index (χ4v) is 0.721. The van der Waals surface area contributed by atoms with Gasteiger partial charge in [0.05, 0.1) is 0 Å². The van der Waals surface area contributed by atoms with E-state index in [4.69, 9.17) is 0 Å². The molecule has 0 atom stereocenters. The zero-order valence-corrected chi connectivity index (χ0v) is 11.7. The maximum atomic E-state index is 3.98. The zero-order valence-electron chi connectivity index (χ0n) is 11.7. The van der Waals surface area contributed by atoms with Gasteiger partial charge in [-0.15, -0.1) is 0 Å². The number of aryl methyl sites for hydroxylation is 1. The highest BCUT2D eigenvalue weighted by Gasteiger charge is 1.83. The number of allylic oxidation sites excluding steroid dienone is 3. The Labute approximate surface area is 106 Å². The lowest BCUT2D eigenvalue weighted by atomic mass is 10.2. The smallest absolute Gasteiger partial charge is 0.0394 e. The van der Waals surface area contributed by atoms with Gasteiger partial charge in [-0.1, -0.05) is 32.6 Å². The highest BCUT2D eigenvalue weighted by atomic mass is 14.7. The van der Waals surface area contributed by atoms with Crippen LogP contribution in [0.25, 0.3) is 0 Å². The first-order chi connectivity index (χ1) is 8.11. The molecule has 0 bridgehead atoms. The van der Waals surface area contributed by atoms with E-state index in [-0.39, 0.29) is 0 Å². The Hall–Kier alpha value is -1.70. The molecule has 0 fully saturated rings. The molecule has 0 saturated carbocycles. The molecule has 17 heavy (non-hydrogen) atoms. The van der Waals surface area contributed by atoms with E-state index in [2.05, 4.69) is 23.3 Å². The number of hydrogen-bond acceptors (Lipinski definition) is 2. The summed E-state index contributed by atoms with van der Waals surface area (Å²) < 4.78 is 0. The van der Waals surface area contributed by atoms with Crippen LogP contribution in [0.2, 0.25) is 0 Å². The highest BCUT2D eigenvalue weighted by molar-refractivity contribution is 5.31.